The fourth-order valence-electron chi connectivity index (χ4n) is 4.42. The molecule has 0 aromatic heterocycles. The van der Waals surface area contributed by atoms with Crippen molar-refractivity contribution < 1.29 is 9.53 Å². The van der Waals surface area contributed by atoms with Crippen LogP contribution in [0, 0.1) is 17.8 Å². The molecule has 5 heteroatoms. The predicted octanol–water partition coefficient (Wildman–Crippen LogP) is 1.68. The van der Waals surface area contributed by atoms with E-state index in [-0.39, 0.29) is 24.4 Å². The summed E-state index contributed by atoms with van der Waals surface area (Å²) in [7, 11) is 1.54. The highest BCUT2D eigenvalue weighted by Gasteiger charge is 2.48. The summed E-state index contributed by atoms with van der Waals surface area (Å²) in [5.74, 6) is 2.07. The average molecular weight is 303 g/mol. The zero-order valence-electron chi connectivity index (χ0n) is 12.3. The van der Waals surface area contributed by atoms with Gasteiger partial charge in [0.15, 0.2) is 0 Å². The molecule has 0 radical (unpaired) electrons. The highest BCUT2D eigenvalue weighted by molar-refractivity contribution is 5.85. The van der Waals surface area contributed by atoms with Crippen LogP contribution in [-0.2, 0) is 9.53 Å². The number of carbonyl (C=O) groups excluding carboxylic acids is 1. The highest BCUT2D eigenvalue weighted by atomic mass is 35.5. The normalized spacial score (nSPS) is 34.5. The first-order valence-electron chi connectivity index (χ1n) is 7.82. The zero-order valence-corrected chi connectivity index (χ0v) is 13.2. The van der Waals surface area contributed by atoms with Gasteiger partial charge in [0, 0.05) is 13.1 Å². The quantitative estimate of drug-likeness (QED) is 0.806. The lowest BCUT2D eigenvalue weighted by Gasteiger charge is -2.31. The van der Waals surface area contributed by atoms with Gasteiger partial charge in [0.1, 0.15) is 6.04 Å². The Morgan fingerprint density at radius 1 is 1.25 bits per heavy atom. The number of likely N-dealkylation sites (tertiary alicyclic amines) is 1. The summed E-state index contributed by atoms with van der Waals surface area (Å²) in [6.07, 6.45) is 6.32. The van der Waals surface area contributed by atoms with Crippen LogP contribution in [0.15, 0.2) is 0 Å². The second kappa shape index (κ2) is 7.10. The van der Waals surface area contributed by atoms with Crippen LogP contribution in [0.1, 0.15) is 32.1 Å². The lowest BCUT2D eigenvalue weighted by atomic mass is 9.93. The van der Waals surface area contributed by atoms with E-state index in [0.29, 0.717) is 5.92 Å². The third-order valence-electron chi connectivity index (χ3n) is 5.38. The first kappa shape index (κ1) is 16.1. The molecule has 3 fully saturated rings. The predicted molar refractivity (Wildman–Crippen MR) is 81.0 cm³/mol. The van der Waals surface area contributed by atoms with Crippen LogP contribution in [0.3, 0.4) is 0 Å². The Bertz CT molecular complexity index is 334. The highest BCUT2D eigenvalue weighted by Crippen LogP contribution is 2.43. The fraction of sp³-hybridized carbons (Fsp3) is 0.933. The van der Waals surface area contributed by atoms with E-state index in [0.717, 1.165) is 38.0 Å². The average Bonchev–Trinajstić information content (AvgIpc) is 2.99. The molecule has 0 amide bonds. The minimum absolute atomic E-state index is 0. The fourth-order valence-corrected chi connectivity index (χ4v) is 4.42. The van der Waals surface area contributed by atoms with Crippen LogP contribution in [0.5, 0.6) is 0 Å². The topological polar surface area (TPSA) is 41.6 Å². The maximum atomic E-state index is 12.1. The minimum Gasteiger partial charge on any atom is -0.468 e. The molecule has 3 unspecified atom stereocenters. The van der Waals surface area contributed by atoms with Gasteiger partial charge < -0.3 is 10.1 Å². The van der Waals surface area contributed by atoms with Gasteiger partial charge in [-0.1, -0.05) is 6.42 Å². The molecule has 0 spiro atoms. The van der Waals surface area contributed by atoms with Crippen molar-refractivity contribution in [3.05, 3.63) is 0 Å². The number of hydrogen-bond donors (Lipinski definition) is 1. The van der Waals surface area contributed by atoms with Crippen LogP contribution in [0.25, 0.3) is 0 Å². The van der Waals surface area contributed by atoms with Gasteiger partial charge in [-0.05, 0) is 56.5 Å². The summed E-state index contributed by atoms with van der Waals surface area (Å²) >= 11 is 0. The number of nitrogens with zero attached hydrogens (tertiary/aromatic N) is 1. The third-order valence-corrected chi connectivity index (χ3v) is 5.38. The Labute approximate surface area is 128 Å². The van der Waals surface area contributed by atoms with Gasteiger partial charge in [-0.2, -0.15) is 0 Å². The molecule has 20 heavy (non-hydrogen) atoms. The Morgan fingerprint density at radius 3 is 2.70 bits per heavy atom. The van der Waals surface area contributed by atoms with Gasteiger partial charge in [-0.3, -0.25) is 9.69 Å². The molecular formula is C15H27ClN2O2. The molecule has 3 atom stereocenters. The molecule has 3 rings (SSSR count). The second-order valence-corrected chi connectivity index (χ2v) is 6.47. The van der Waals surface area contributed by atoms with E-state index in [1.165, 1.54) is 39.2 Å². The van der Waals surface area contributed by atoms with Gasteiger partial charge in [0.2, 0.25) is 0 Å². The first-order valence-corrected chi connectivity index (χ1v) is 7.82. The number of fused-ring (bicyclic) bond motifs is 1. The molecule has 1 N–H and O–H groups in total. The number of esters is 1. The molecule has 1 saturated carbocycles. The van der Waals surface area contributed by atoms with Crippen LogP contribution in [-0.4, -0.2) is 50.2 Å². The van der Waals surface area contributed by atoms with Crippen LogP contribution in [0.4, 0.5) is 0 Å². The van der Waals surface area contributed by atoms with Crippen molar-refractivity contribution >= 4 is 18.4 Å². The van der Waals surface area contributed by atoms with Crippen molar-refractivity contribution in [1.29, 1.82) is 0 Å². The van der Waals surface area contributed by atoms with E-state index >= 15 is 0 Å². The number of ether oxygens (including phenoxy) is 1. The Morgan fingerprint density at radius 2 is 2.00 bits per heavy atom. The molecule has 116 valence electrons. The van der Waals surface area contributed by atoms with Crippen molar-refractivity contribution in [1.82, 2.24) is 10.2 Å². The molecule has 2 heterocycles. The molecule has 0 aromatic carbocycles. The van der Waals surface area contributed by atoms with Crippen LogP contribution in [0.2, 0.25) is 0 Å². The summed E-state index contributed by atoms with van der Waals surface area (Å²) in [5.41, 5.74) is 0. The third kappa shape index (κ3) is 3.12. The Balaban J connectivity index is 0.00000147. The maximum Gasteiger partial charge on any atom is 0.323 e. The van der Waals surface area contributed by atoms with E-state index in [1.807, 2.05) is 0 Å². The van der Waals surface area contributed by atoms with Gasteiger partial charge >= 0.3 is 5.97 Å². The zero-order chi connectivity index (χ0) is 13.2. The van der Waals surface area contributed by atoms with Crippen molar-refractivity contribution in [2.24, 2.45) is 17.8 Å². The molecule has 4 nitrogen and oxygen atoms in total. The molecule has 0 bridgehead atoms. The van der Waals surface area contributed by atoms with Gasteiger partial charge in [0.25, 0.3) is 0 Å². The van der Waals surface area contributed by atoms with Crippen molar-refractivity contribution in [2.45, 2.75) is 38.1 Å². The molecule has 1 aliphatic carbocycles. The molecular weight excluding hydrogens is 276 g/mol. The molecule has 0 aromatic rings. The van der Waals surface area contributed by atoms with Crippen molar-refractivity contribution in [2.75, 3.05) is 33.3 Å². The van der Waals surface area contributed by atoms with E-state index in [1.54, 1.807) is 0 Å². The number of halogens is 1. The maximum absolute atomic E-state index is 12.1. The Kier molecular flexibility index (Phi) is 5.70. The smallest absolute Gasteiger partial charge is 0.323 e. The second-order valence-electron chi connectivity index (χ2n) is 6.47. The van der Waals surface area contributed by atoms with Gasteiger partial charge in [0.05, 0.1) is 7.11 Å². The van der Waals surface area contributed by atoms with Crippen molar-refractivity contribution in [3.8, 4) is 0 Å². The first-order chi connectivity index (χ1) is 9.29. The largest absolute Gasteiger partial charge is 0.468 e. The summed E-state index contributed by atoms with van der Waals surface area (Å²) in [6.45, 7) is 4.48. The number of rotatable bonds is 3. The van der Waals surface area contributed by atoms with Crippen LogP contribution < -0.4 is 5.32 Å². The lowest BCUT2D eigenvalue weighted by molar-refractivity contribution is -0.147. The lowest BCUT2D eigenvalue weighted by Crippen LogP contribution is -2.44. The minimum atomic E-state index is 0. The number of carbonyl (C=O) groups is 1. The van der Waals surface area contributed by atoms with Crippen molar-refractivity contribution in [3.63, 3.8) is 0 Å². The number of methoxy groups -OCH3 is 1. The Hall–Kier alpha value is -0.320. The van der Waals surface area contributed by atoms with Gasteiger partial charge in [-0.15, -0.1) is 12.4 Å². The van der Waals surface area contributed by atoms with E-state index in [9.17, 15) is 4.79 Å². The van der Waals surface area contributed by atoms with Crippen LogP contribution >= 0.6 is 12.4 Å². The van der Waals surface area contributed by atoms with Gasteiger partial charge in [-0.25, -0.2) is 0 Å². The van der Waals surface area contributed by atoms with E-state index < -0.39 is 0 Å². The number of nitrogens with one attached hydrogen (secondary N) is 1. The van der Waals surface area contributed by atoms with E-state index in [2.05, 4.69) is 10.2 Å². The standard InChI is InChI=1S/C15H26N2O2.ClH/c1-19-15(18)14-13-4-2-3-12(13)10-17(14)9-11-5-7-16-8-6-11;/h11-14,16H,2-10H2,1H3;1H. The number of hydrogen-bond acceptors (Lipinski definition) is 4. The SMILES string of the molecule is COC(=O)C1C2CCCC2CN1CC1CCNCC1.Cl. The molecule has 2 saturated heterocycles. The summed E-state index contributed by atoms with van der Waals surface area (Å²) in [6, 6.07) is 0.0485. The van der Waals surface area contributed by atoms with E-state index in [4.69, 9.17) is 4.74 Å². The number of piperidine rings is 1. The summed E-state index contributed by atoms with van der Waals surface area (Å²) < 4.78 is 5.07. The summed E-state index contributed by atoms with van der Waals surface area (Å²) in [5, 5.41) is 3.41. The monoisotopic (exact) mass is 302 g/mol. The molecule has 2 aliphatic heterocycles. The molecule has 3 aliphatic rings. The summed E-state index contributed by atoms with van der Waals surface area (Å²) in [4.78, 5) is 14.6.